The van der Waals surface area contributed by atoms with Crippen molar-refractivity contribution < 1.29 is 13.6 Å². The molecule has 2 aromatic rings. The second-order valence-corrected chi connectivity index (χ2v) is 4.78. The molecule has 2 rings (SSSR count). The third-order valence-corrected chi connectivity index (χ3v) is 3.11. The van der Waals surface area contributed by atoms with Gasteiger partial charge in [-0.15, -0.1) is 12.6 Å². The Morgan fingerprint density at radius 3 is 2.60 bits per heavy atom. The molecule has 0 aliphatic rings. The van der Waals surface area contributed by atoms with Crippen LogP contribution in [0.2, 0.25) is 0 Å². The number of rotatable bonds is 4. The van der Waals surface area contributed by atoms with Gasteiger partial charge in [-0.25, -0.2) is 8.78 Å². The molecular weight excluding hydrogens is 280 g/mol. The predicted octanol–water partition coefficient (Wildman–Crippen LogP) is 3.23. The summed E-state index contributed by atoms with van der Waals surface area (Å²) in [5, 5.41) is 2.56. The zero-order chi connectivity index (χ0) is 14.5. The van der Waals surface area contributed by atoms with Crippen molar-refractivity contribution in [1.29, 1.82) is 0 Å². The van der Waals surface area contributed by atoms with Crippen molar-refractivity contribution >= 4 is 18.5 Å². The van der Waals surface area contributed by atoms with E-state index in [0.717, 1.165) is 0 Å². The Labute approximate surface area is 121 Å². The first kappa shape index (κ1) is 14.5. The SMILES string of the molecule is O=C(NCCc1ccccc1F)c1cc(S)ccc1F. The summed E-state index contributed by atoms with van der Waals surface area (Å²) in [4.78, 5) is 12.3. The van der Waals surface area contributed by atoms with Gasteiger partial charge in [0.15, 0.2) is 0 Å². The minimum absolute atomic E-state index is 0.0639. The second-order valence-electron chi connectivity index (χ2n) is 4.26. The van der Waals surface area contributed by atoms with Crippen LogP contribution < -0.4 is 5.32 Å². The number of hydrogen-bond donors (Lipinski definition) is 2. The van der Waals surface area contributed by atoms with Crippen molar-refractivity contribution in [3.8, 4) is 0 Å². The molecule has 2 nitrogen and oxygen atoms in total. The number of nitrogens with one attached hydrogen (secondary N) is 1. The largest absolute Gasteiger partial charge is 0.352 e. The topological polar surface area (TPSA) is 29.1 Å². The van der Waals surface area contributed by atoms with E-state index in [2.05, 4.69) is 17.9 Å². The Bertz CT molecular complexity index is 631. The summed E-state index contributed by atoms with van der Waals surface area (Å²) in [6, 6.07) is 10.4. The average Bonchev–Trinajstić information content (AvgIpc) is 2.43. The Hall–Kier alpha value is -1.88. The molecule has 0 heterocycles. The lowest BCUT2D eigenvalue weighted by Crippen LogP contribution is -2.26. The number of carbonyl (C=O) groups is 1. The molecular formula is C15H13F2NOS. The van der Waals surface area contributed by atoms with E-state index in [4.69, 9.17) is 0 Å². The lowest BCUT2D eigenvalue weighted by atomic mass is 10.1. The Morgan fingerprint density at radius 1 is 1.10 bits per heavy atom. The first-order valence-electron chi connectivity index (χ1n) is 6.08. The summed E-state index contributed by atoms with van der Waals surface area (Å²) in [6.07, 6.45) is 0.348. The zero-order valence-corrected chi connectivity index (χ0v) is 11.5. The maximum atomic E-state index is 13.5. The van der Waals surface area contributed by atoms with Gasteiger partial charge in [-0.3, -0.25) is 4.79 Å². The monoisotopic (exact) mass is 293 g/mol. The molecule has 0 aliphatic carbocycles. The molecule has 0 radical (unpaired) electrons. The maximum absolute atomic E-state index is 13.5. The van der Waals surface area contributed by atoms with Crippen LogP contribution in [0.4, 0.5) is 8.78 Å². The molecule has 5 heteroatoms. The summed E-state index contributed by atoms with van der Waals surface area (Å²) >= 11 is 4.06. The van der Waals surface area contributed by atoms with Crippen LogP contribution in [0.25, 0.3) is 0 Å². The lowest BCUT2D eigenvalue weighted by Gasteiger charge is -2.07. The smallest absolute Gasteiger partial charge is 0.254 e. The fourth-order valence-corrected chi connectivity index (χ4v) is 2.00. The van der Waals surface area contributed by atoms with E-state index < -0.39 is 11.7 Å². The molecule has 20 heavy (non-hydrogen) atoms. The molecule has 0 fully saturated rings. The van der Waals surface area contributed by atoms with Crippen molar-refractivity contribution in [3.05, 3.63) is 65.2 Å². The normalized spacial score (nSPS) is 10.3. The number of halogens is 2. The van der Waals surface area contributed by atoms with Crippen molar-refractivity contribution in [2.45, 2.75) is 11.3 Å². The van der Waals surface area contributed by atoms with Gasteiger partial charge in [-0.2, -0.15) is 0 Å². The third-order valence-electron chi connectivity index (χ3n) is 2.83. The van der Waals surface area contributed by atoms with Crippen LogP contribution in [-0.4, -0.2) is 12.5 Å². The standard InChI is InChI=1S/C15H13F2NOS/c16-13-4-2-1-3-10(13)7-8-18-15(19)12-9-11(20)5-6-14(12)17/h1-6,9,20H,7-8H2,(H,18,19). The molecule has 1 amide bonds. The average molecular weight is 293 g/mol. The van der Waals surface area contributed by atoms with Crippen LogP contribution in [-0.2, 0) is 6.42 Å². The maximum Gasteiger partial charge on any atom is 0.254 e. The minimum Gasteiger partial charge on any atom is -0.352 e. The summed E-state index contributed by atoms with van der Waals surface area (Å²) < 4.78 is 26.9. The second kappa shape index (κ2) is 6.52. The predicted molar refractivity (Wildman–Crippen MR) is 76.1 cm³/mol. The summed E-state index contributed by atoms with van der Waals surface area (Å²) in [5.41, 5.74) is 0.447. The van der Waals surface area contributed by atoms with E-state index in [0.29, 0.717) is 16.9 Å². The highest BCUT2D eigenvalue weighted by Crippen LogP contribution is 2.13. The number of benzene rings is 2. The van der Waals surface area contributed by atoms with E-state index in [1.165, 1.54) is 24.3 Å². The minimum atomic E-state index is -0.605. The van der Waals surface area contributed by atoms with E-state index in [1.54, 1.807) is 18.2 Å². The Balaban J connectivity index is 1.96. The van der Waals surface area contributed by atoms with Crippen molar-refractivity contribution in [2.75, 3.05) is 6.54 Å². The third kappa shape index (κ3) is 3.57. The van der Waals surface area contributed by atoms with Gasteiger partial charge >= 0.3 is 0 Å². The first-order chi connectivity index (χ1) is 9.58. The number of hydrogen-bond acceptors (Lipinski definition) is 2. The van der Waals surface area contributed by atoms with Gasteiger partial charge in [-0.1, -0.05) is 18.2 Å². The van der Waals surface area contributed by atoms with Gasteiger partial charge in [0.2, 0.25) is 0 Å². The van der Waals surface area contributed by atoms with Crippen LogP contribution in [0.15, 0.2) is 47.4 Å². The molecule has 0 saturated heterocycles. The van der Waals surface area contributed by atoms with Crippen LogP contribution in [0.5, 0.6) is 0 Å². The summed E-state index contributed by atoms with van der Waals surface area (Å²) in [7, 11) is 0. The van der Waals surface area contributed by atoms with Crippen LogP contribution in [0.3, 0.4) is 0 Å². The van der Waals surface area contributed by atoms with Gasteiger partial charge in [0, 0.05) is 11.4 Å². The molecule has 104 valence electrons. The van der Waals surface area contributed by atoms with Gasteiger partial charge in [0.05, 0.1) is 5.56 Å². The molecule has 0 bridgehead atoms. The molecule has 0 unspecified atom stereocenters. The van der Waals surface area contributed by atoms with Gasteiger partial charge in [0.1, 0.15) is 11.6 Å². The van der Waals surface area contributed by atoms with Crippen molar-refractivity contribution in [1.82, 2.24) is 5.32 Å². The summed E-state index contributed by atoms with van der Waals surface area (Å²) in [5.74, 6) is -1.45. The van der Waals surface area contributed by atoms with Gasteiger partial charge < -0.3 is 5.32 Å². The molecule has 0 saturated carbocycles. The van der Waals surface area contributed by atoms with Crippen molar-refractivity contribution in [2.24, 2.45) is 0 Å². The van der Waals surface area contributed by atoms with E-state index in [9.17, 15) is 13.6 Å². The van der Waals surface area contributed by atoms with Gasteiger partial charge in [-0.05, 0) is 36.2 Å². The lowest BCUT2D eigenvalue weighted by molar-refractivity contribution is 0.0949. The zero-order valence-electron chi connectivity index (χ0n) is 10.6. The molecule has 2 aromatic carbocycles. The Morgan fingerprint density at radius 2 is 1.85 bits per heavy atom. The number of amides is 1. The fraction of sp³-hybridized carbons (Fsp3) is 0.133. The van der Waals surface area contributed by atoms with Gasteiger partial charge in [0.25, 0.3) is 5.91 Å². The molecule has 0 atom stereocenters. The van der Waals surface area contributed by atoms with E-state index in [1.807, 2.05) is 0 Å². The van der Waals surface area contributed by atoms with E-state index in [-0.39, 0.29) is 17.9 Å². The number of thiol groups is 1. The highest BCUT2D eigenvalue weighted by molar-refractivity contribution is 7.80. The molecule has 0 spiro atoms. The Kier molecular flexibility index (Phi) is 4.74. The molecule has 1 N–H and O–H groups in total. The van der Waals surface area contributed by atoms with Crippen molar-refractivity contribution in [3.63, 3.8) is 0 Å². The van der Waals surface area contributed by atoms with Crippen LogP contribution in [0, 0.1) is 11.6 Å². The quantitative estimate of drug-likeness (QED) is 0.833. The molecule has 0 aliphatic heterocycles. The fourth-order valence-electron chi connectivity index (χ4n) is 1.79. The number of carbonyl (C=O) groups excluding carboxylic acids is 1. The summed E-state index contributed by atoms with van der Waals surface area (Å²) in [6.45, 7) is 0.232. The first-order valence-corrected chi connectivity index (χ1v) is 6.53. The highest BCUT2D eigenvalue weighted by Gasteiger charge is 2.11. The van der Waals surface area contributed by atoms with E-state index >= 15 is 0 Å². The van der Waals surface area contributed by atoms with Crippen LogP contribution >= 0.6 is 12.6 Å². The highest BCUT2D eigenvalue weighted by atomic mass is 32.1. The molecule has 0 aromatic heterocycles. The van der Waals surface area contributed by atoms with Crippen LogP contribution in [0.1, 0.15) is 15.9 Å².